The Hall–Kier alpha value is -3.66. The number of fused-ring (bicyclic) bond motifs is 2. The van der Waals surface area contributed by atoms with E-state index in [9.17, 15) is 19.5 Å². The molecule has 1 N–H and O–H groups in total. The van der Waals surface area contributed by atoms with Crippen LogP contribution in [0.15, 0.2) is 72.8 Å². The largest absolute Gasteiger partial charge is 0.494 e. The fourth-order valence-corrected chi connectivity index (χ4v) is 7.13. The van der Waals surface area contributed by atoms with Crippen LogP contribution < -0.4 is 14.5 Å². The number of halogens is 1. The molecule has 6 atom stereocenters. The summed E-state index contributed by atoms with van der Waals surface area (Å²) in [5.74, 6) is -2.12. The van der Waals surface area contributed by atoms with Gasteiger partial charge in [0.15, 0.2) is 0 Å². The molecule has 0 saturated carbocycles. The van der Waals surface area contributed by atoms with Gasteiger partial charge in [0, 0.05) is 18.8 Å². The number of carbonyl (C=O) groups excluding carboxylic acids is 3. The Kier molecular flexibility index (Phi) is 7.59. The number of benzene rings is 2. The number of aliphatic hydroxyl groups excluding tert-OH is 1. The highest BCUT2D eigenvalue weighted by Gasteiger charge is 2.72. The molecule has 4 heterocycles. The Morgan fingerprint density at radius 1 is 1.00 bits per heavy atom. The molecule has 0 radical (unpaired) electrons. The average Bonchev–Trinajstić information content (AvgIpc) is 3.31. The number of hydrogen-bond donors (Lipinski definition) is 1. The zero-order valence-corrected chi connectivity index (χ0v) is 24.3. The summed E-state index contributed by atoms with van der Waals surface area (Å²) in [6, 6.07) is 12.6. The van der Waals surface area contributed by atoms with E-state index >= 15 is 0 Å². The molecule has 3 amide bonds. The predicted octanol–water partition coefficient (Wildman–Crippen LogP) is 3.60. The van der Waals surface area contributed by atoms with E-state index in [0.717, 1.165) is 0 Å². The molecule has 2 fully saturated rings. The highest BCUT2D eigenvalue weighted by molar-refractivity contribution is 6.34. The molecule has 4 aliphatic rings. The van der Waals surface area contributed by atoms with Gasteiger partial charge in [-0.1, -0.05) is 55.0 Å². The van der Waals surface area contributed by atoms with E-state index in [-0.39, 0.29) is 30.9 Å². The molecule has 4 aliphatic heterocycles. The summed E-state index contributed by atoms with van der Waals surface area (Å²) in [5, 5.41) is 10.7. The Labute approximate surface area is 249 Å². The van der Waals surface area contributed by atoms with E-state index in [0.29, 0.717) is 41.7 Å². The lowest BCUT2D eigenvalue weighted by Gasteiger charge is -2.38. The smallest absolute Gasteiger partial charge is 0.253 e. The number of likely N-dealkylation sites (tertiary alicyclic amines) is 1. The lowest BCUT2D eigenvalue weighted by atomic mass is 9.77. The van der Waals surface area contributed by atoms with Gasteiger partial charge in [-0.25, -0.2) is 0 Å². The molecule has 10 heteroatoms. The number of hydrogen-bond acceptors (Lipinski definition) is 6. The second-order valence-corrected chi connectivity index (χ2v) is 11.3. The maximum atomic E-state index is 14.5. The summed E-state index contributed by atoms with van der Waals surface area (Å²) in [7, 11) is 0. The highest BCUT2D eigenvalue weighted by atomic mass is 35.5. The molecule has 0 aliphatic carbocycles. The molecule has 2 aromatic rings. The van der Waals surface area contributed by atoms with Gasteiger partial charge in [0.05, 0.1) is 47.9 Å². The van der Waals surface area contributed by atoms with Gasteiger partial charge >= 0.3 is 0 Å². The Balaban J connectivity index is 1.43. The van der Waals surface area contributed by atoms with Crippen LogP contribution in [-0.4, -0.2) is 77.8 Å². The summed E-state index contributed by atoms with van der Waals surface area (Å²) in [6.45, 7) is 4.49. The first kappa shape index (κ1) is 28.5. The zero-order chi connectivity index (χ0) is 29.6. The summed E-state index contributed by atoms with van der Waals surface area (Å²) in [6.07, 6.45) is 7.02. The van der Waals surface area contributed by atoms with Crippen molar-refractivity contribution in [3.05, 3.63) is 77.9 Å². The maximum absolute atomic E-state index is 14.5. The van der Waals surface area contributed by atoms with E-state index in [1.165, 1.54) is 4.90 Å². The Bertz CT molecular complexity index is 1440. The SMILES string of the molecule is CCOc1ccc(N2CC=C[C@@H]3O[C@]45C=CCN(c6ccccc6Cl)C(=O)C4N([C@@H](CC)CO)C(=O)[C@@H]5[C@@H]3C2=O)cc1. The molecule has 42 heavy (non-hydrogen) atoms. The second kappa shape index (κ2) is 11.2. The van der Waals surface area contributed by atoms with Crippen molar-refractivity contribution in [1.29, 1.82) is 0 Å². The van der Waals surface area contributed by atoms with Crippen LogP contribution >= 0.6 is 11.6 Å². The number of ether oxygens (including phenoxy) is 2. The van der Waals surface area contributed by atoms with E-state index in [2.05, 4.69) is 0 Å². The van der Waals surface area contributed by atoms with Crippen LogP contribution in [0.2, 0.25) is 5.02 Å². The Morgan fingerprint density at radius 2 is 1.74 bits per heavy atom. The summed E-state index contributed by atoms with van der Waals surface area (Å²) in [5.41, 5.74) is -0.208. The second-order valence-electron chi connectivity index (χ2n) is 10.9. The monoisotopic (exact) mass is 591 g/mol. The van der Waals surface area contributed by atoms with E-state index < -0.39 is 35.6 Å². The first-order valence-electron chi connectivity index (χ1n) is 14.4. The number of para-hydroxylation sites is 1. The van der Waals surface area contributed by atoms with Crippen molar-refractivity contribution in [3.63, 3.8) is 0 Å². The van der Waals surface area contributed by atoms with Crippen LogP contribution in [-0.2, 0) is 19.1 Å². The molecule has 0 aromatic heterocycles. The molecule has 6 rings (SSSR count). The van der Waals surface area contributed by atoms with Gasteiger partial charge < -0.3 is 29.3 Å². The van der Waals surface area contributed by atoms with Gasteiger partial charge in [0.2, 0.25) is 11.8 Å². The van der Waals surface area contributed by atoms with Crippen molar-refractivity contribution in [2.75, 3.05) is 36.1 Å². The van der Waals surface area contributed by atoms with Crippen molar-refractivity contribution < 1.29 is 29.0 Å². The van der Waals surface area contributed by atoms with E-state index in [1.54, 1.807) is 40.1 Å². The fourth-order valence-electron chi connectivity index (χ4n) is 6.89. The van der Waals surface area contributed by atoms with E-state index in [1.807, 2.05) is 56.3 Å². The molecule has 1 spiro atoms. The van der Waals surface area contributed by atoms with Crippen LogP contribution in [0.1, 0.15) is 20.3 Å². The third-order valence-electron chi connectivity index (χ3n) is 8.77. The van der Waals surface area contributed by atoms with Crippen LogP contribution in [0.4, 0.5) is 11.4 Å². The molecule has 2 aromatic carbocycles. The standard InChI is InChI=1S/C32H34ClN3O6/c1-3-20(19-37)36-28-31(40)35(24-10-6-5-9-23(24)33)18-8-16-32(28)27(30(36)39)26-25(42-32)11-7-17-34(29(26)38)21-12-14-22(15-13-21)41-4-2/h5-16,20,25-28,37H,3-4,17-19H2,1-2H3/t20-,25-,26+,27-,28?,32-/m0/s1. The van der Waals surface area contributed by atoms with Gasteiger partial charge in [-0.15, -0.1) is 0 Å². The van der Waals surface area contributed by atoms with Gasteiger partial charge in [0.25, 0.3) is 5.91 Å². The maximum Gasteiger partial charge on any atom is 0.253 e. The van der Waals surface area contributed by atoms with Gasteiger partial charge in [-0.2, -0.15) is 0 Å². The minimum absolute atomic E-state index is 0.215. The van der Waals surface area contributed by atoms with Crippen molar-refractivity contribution in [3.8, 4) is 5.75 Å². The first-order chi connectivity index (χ1) is 20.4. The number of anilines is 2. The topological polar surface area (TPSA) is 99.6 Å². The molecule has 220 valence electrons. The minimum atomic E-state index is -1.40. The van der Waals surface area contributed by atoms with Crippen LogP contribution in [0.3, 0.4) is 0 Å². The van der Waals surface area contributed by atoms with Gasteiger partial charge in [0.1, 0.15) is 17.4 Å². The summed E-state index contributed by atoms with van der Waals surface area (Å²) >= 11 is 6.51. The number of nitrogens with zero attached hydrogens (tertiary/aromatic N) is 3. The molecule has 1 unspecified atom stereocenters. The van der Waals surface area contributed by atoms with Crippen LogP contribution in [0, 0.1) is 11.8 Å². The minimum Gasteiger partial charge on any atom is -0.494 e. The summed E-state index contributed by atoms with van der Waals surface area (Å²) < 4.78 is 12.3. The van der Waals surface area contributed by atoms with Gasteiger partial charge in [-0.3, -0.25) is 14.4 Å². The van der Waals surface area contributed by atoms with Crippen molar-refractivity contribution in [1.82, 2.24) is 4.90 Å². The van der Waals surface area contributed by atoms with Crippen LogP contribution in [0.5, 0.6) is 5.75 Å². The predicted molar refractivity (Wildman–Crippen MR) is 158 cm³/mol. The van der Waals surface area contributed by atoms with Crippen molar-refractivity contribution in [2.24, 2.45) is 11.8 Å². The molecular formula is C32H34ClN3O6. The number of aliphatic hydroxyl groups is 1. The average molecular weight is 592 g/mol. The lowest BCUT2D eigenvalue weighted by Crippen LogP contribution is -2.58. The molecule has 2 saturated heterocycles. The normalized spacial score (nSPS) is 29.2. The number of amides is 3. The Morgan fingerprint density at radius 3 is 2.43 bits per heavy atom. The fraction of sp³-hybridized carbons (Fsp3) is 0.406. The van der Waals surface area contributed by atoms with Crippen LogP contribution in [0.25, 0.3) is 0 Å². The van der Waals surface area contributed by atoms with Crippen molar-refractivity contribution in [2.45, 2.75) is 44.1 Å². The third-order valence-corrected chi connectivity index (χ3v) is 9.09. The van der Waals surface area contributed by atoms with Crippen molar-refractivity contribution >= 4 is 40.7 Å². The van der Waals surface area contributed by atoms with Gasteiger partial charge in [-0.05, 0) is 49.7 Å². The quantitative estimate of drug-likeness (QED) is 0.494. The first-order valence-corrected chi connectivity index (χ1v) is 14.8. The number of rotatable bonds is 7. The molecule has 0 bridgehead atoms. The zero-order valence-electron chi connectivity index (χ0n) is 23.6. The lowest BCUT2D eigenvalue weighted by molar-refractivity contribution is -0.144. The number of carbonyl (C=O) groups is 3. The molecular weight excluding hydrogens is 558 g/mol. The summed E-state index contributed by atoms with van der Waals surface area (Å²) in [4.78, 5) is 47.9. The van der Waals surface area contributed by atoms with E-state index in [4.69, 9.17) is 21.1 Å². The highest BCUT2D eigenvalue weighted by Crippen LogP contribution is 2.54. The molecule has 9 nitrogen and oxygen atoms in total. The third kappa shape index (κ3) is 4.33.